The van der Waals surface area contributed by atoms with E-state index in [0.717, 1.165) is 108 Å². The quantitative estimate of drug-likeness (QED) is 0.0128. The molecule has 0 fully saturated rings. The Hall–Kier alpha value is -10.3. The molecule has 12 aromatic rings. The van der Waals surface area contributed by atoms with Crippen molar-refractivity contribution in [2.24, 2.45) is 10.1 Å². The van der Waals surface area contributed by atoms with Gasteiger partial charge in [-0.3, -0.25) is 0 Å². The first-order valence-corrected chi connectivity index (χ1v) is 46.1. The molecule has 0 heterocycles. The van der Waals surface area contributed by atoms with Gasteiger partial charge >= 0.3 is 73.2 Å². The molecule has 776 valence electrons. The number of benzene rings is 12. The average Bonchev–Trinajstić information content (AvgIpc) is 0.752. The first kappa shape index (κ1) is 126. The zero-order chi connectivity index (χ0) is 105. The largest absolute Gasteiger partial charge is 2.00 e. The molecule has 4 N–H and O–H groups in total. The minimum Gasteiger partial charge on any atom is -1.00 e. The molecule has 0 amide bonds. The van der Waals surface area contributed by atoms with Crippen LogP contribution >= 0.6 is 23.2 Å². The Morgan fingerprint density at radius 2 is 0.597 bits per heavy atom. The zero-order valence-electron chi connectivity index (χ0n) is 77.1. The van der Waals surface area contributed by atoms with Crippen LogP contribution in [0.3, 0.4) is 0 Å². The summed E-state index contributed by atoms with van der Waals surface area (Å²) in [5.41, 5.74) is 6.08. The van der Waals surface area contributed by atoms with Gasteiger partial charge in [0.2, 0.25) is 0 Å². The Kier molecular flexibility index (Phi) is 48.0. The number of rotatable bonds is 31. The first-order chi connectivity index (χ1) is 65.6. The molecule has 12 rings (SSSR count). The number of nitrogens with two attached hydrogens (primary N) is 1. The van der Waals surface area contributed by atoms with Crippen molar-refractivity contribution >= 4 is 84.9 Å². The van der Waals surface area contributed by atoms with Crippen molar-refractivity contribution in [2.75, 3.05) is 5.34 Å². The third kappa shape index (κ3) is 37.6. The maximum absolute atomic E-state index is 14.7. The van der Waals surface area contributed by atoms with Crippen LogP contribution in [0.1, 0.15) is 137 Å². The molecule has 42 heteroatoms. The molecule has 6 atom stereocenters. The van der Waals surface area contributed by atoms with Crippen molar-refractivity contribution in [3.8, 4) is 23.0 Å². The van der Waals surface area contributed by atoms with E-state index in [0.29, 0.717) is 52.1 Å². The van der Waals surface area contributed by atoms with Gasteiger partial charge in [-0.1, -0.05) is 141 Å². The third-order valence-corrected chi connectivity index (χ3v) is 24.3. The van der Waals surface area contributed by atoms with Crippen molar-refractivity contribution in [1.82, 2.24) is 9.44 Å². The summed E-state index contributed by atoms with van der Waals surface area (Å²) in [7, 11) is -5.45. The van der Waals surface area contributed by atoms with Crippen LogP contribution < -0.4 is 46.5 Å². The maximum atomic E-state index is 14.7. The van der Waals surface area contributed by atoms with Gasteiger partial charge in [-0.2, -0.15) is 99.3 Å². The van der Waals surface area contributed by atoms with Crippen molar-refractivity contribution in [2.45, 2.75) is 170 Å². The minimum atomic E-state index is -4.87. The number of hydrogen-bond acceptors (Lipinski definition) is 8. The molecule has 0 aromatic heterocycles. The van der Waals surface area contributed by atoms with Gasteiger partial charge in [-0.25, -0.2) is 57.2 Å². The van der Waals surface area contributed by atoms with E-state index in [9.17, 15) is 118 Å². The fraction of sp³-hybridized carbons (Fsp3) is 0.275. The second kappa shape index (κ2) is 54.9. The van der Waals surface area contributed by atoms with Gasteiger partial charge in [-0.15, -0.1) is 35.3 Å². The third-order valence-electron chi connectivity index (χ3n) is 19.6. The molecule has 11 nitrogen and oxygen atoms in total. The standard InChI is InChI=1S/2C26H25F6NO2S.C22H17F6NO.C19H17F6NO2S.C7H7.CH2Cl2.CH4.ClH.Mg/c2*1-24(2,3)36(34)33-25(16-17-7-5-4-6-8-17,18-9-11-20(27)12-10-18)19-13-21(28)15-22(14-19)35-26(31,32)23(29)30;23-17-8-6-15(7-9-17)21(29,13-14-4-2-1-3-5-14)16-10-18(24)12-19(11-16)30-22(27,28)20(25)26;1-18(2,3)29(27)26-16(11-4-6-13(20)7-5-11)12-8-14(21)10-15(9-12)28-19(24,25)17(22)23;1-7-5-3-2-4-6-7;2-1-3;;;/h2*4-15,23,33H,16H2,1-3H3;1-12,20H,13,29H2;4-10,17H,1-3H3;2-6H,1H2;1H2;1H4;1H;/q;;;;-1;;;;+2/p-1/t25-,36+;25-,36-;21-;29-;;;;;/m0111...../s1. The maximum Gasteiger partial charge on any atom is 2.00 e. The van der Waals surface area contributed by atoms with Crippen molar-refractivity contribution in [3.63, 3.8) is 0 Å². The van der Waals surface area contributed by atoms with E-state index in [1.165, 1.54) is 48.5 Å². The van der Waals surface area contributed by atoms with Gasteiger partial charge < -0.3 is 37.1 Å². The summed E-state index contributed by atoms with van der Waals surface area (Å²) in [4.78, 5) is 0. The van der Waals surface area contributed by atoms with Crippen LogP contribution in [0.25, 0.3) is 0 Å². The van der Waals surface area contributed by atoms with Crippen LogP contribution in [0, 0.1) is 53.5 Å². The number of ether oxygens (including phenoxy) is 4. The number of nitrogens with zero attached hydrogens (tertiary/aromatic N) is 1. The summed E-state index contributed by atoms with van der Waals surface area (Å²) in [5.74, 6) is -9.78. The Morgan fingerprint density at radius 1 is 0.340 bits per heavy atom. The molecule has 144 heavy (non-hydrogen) atoms. The molecular formula is C102H97Cl3F24MgN4O7S3. The number of nitrogens with one attached hydrogen (secondary N) is 2. The Balaban J connectivity index is 0.000000385. The van der Waals surface area contributed by atoms with E-state index < -0.39 is 183 Å². The molecule has 0 aliphatic carbocycles. The summed E-state index contributed by atoms with van der Waals surface area (Å²) in [6.45, 7) is 18.7. The Labute approximate surface area is 857 Å². The van der Waals surface area contributed by atoms with Gasteiger partial charge in [0, 0.05) is 35.4 Å². The second-order valence-electron chi connectivity index (χ2n) is 33.7. The van der Waals surface area contributed by atoms with Crippen LogP contribution in [0.2, 0.25) is 0 Å². The van der Waals surface area contributed by atoms with E-state index in [-0.39, 0.29) is 101 Å². The fourth-order valence-corrected chi connectivity index (χ4v) is 15.3. The molecule has 0 aliphatic rings. The normalized spacial score (nSPS) is 13.8. The topological polar surface area (TPSA) is 151 Å². The molecule has 0 unspecified atom stereocenters. The zero-order valence-corrected chi connectivity index (χ0v) is 83.2. The van der Waals surface area contributed by atoms with Gasteiger partial charge in [0.15, 0.2) is 0 Å². The van der Waals surface area contributed by atoms with Crippen LogP contribution in [-0.4, -0.2) is 111 Å². The molecule has 0 saturated carbocycles. The van der Waals surface area contributed by atoms with Crippen LogP contribution in [0.15, 0.2) is 296 Å². The van der Waals surface area contributed by atoms with Crippen molar-refractivity contribution < 1.29 is 149 Å². The van der Waals surface area contributed by atoms with Crippen LogP contribution in [-0.2, 0) is 68.8 Å². The Morgan fingerprint density at radius 3 is 0.875 bits per heavy atom. The fourth-order valence-electron chi connectivity index (χ4n) is 12.7. The summed E-state index contributed by atoms with van der Waals surface area (Å²) in [6, 6.07) is 66.0. The van der Waals surface area contributed by atoms with E-state index in [1.54, 1.807) is 153 Å². The first-order valence-electron chi connectivity index (χ1n) is 41.6. The van der Waals surface area contributed by atoms with E-state index >= 15 is 0 Å². The molecule has 0 radical (unpaired) electrons. The molecule has 0 aliphatic heterocycles. The summed E-state index contributed by atoms with van der Waals surface area (Å²) >= 11 is 9.53. The van der Waals surface area contributed by atoms with Gasteiger partial charge in [0.1, 0.15) is 80.5 Å². The monoisotopic (exact) mass is 2170 g/mol. The number of hydrogen-bond donors (Lipinski definition) is 3. The van der Waals surface area contributed by atoms with Gasteiger partial charge in [0.25, 0.3) is 0 Å². The van der Waals surface area contributed by atoms with Crippen LogP contribution in [0.5, 0.6) is 23.0 Å². The Bertz CT molecular complexity index is 5920. The van der Waals surface area contributed by atoms with Crippen molar-refractivity contribution in [1.29, 1.82) is 0 Å². The minimum absolute atomic E-state index is 0. The molecule has 0 spiro atoms. The molecule has 12 aromatic carbocycles. The summed E-state index contributed by atoms with van der Waals surface area (Å²) in [5, 5.41) is 0.194. The predicted molar refractivity (Wildman–Crippen MR) is 510 cm³/mol. The van der Waals surface area contributed by atoms with E-state index in [4.69, 9.17) is 28.9 Å². The average molecular weight is 2170 g/mol. The van der Waals surface area contributed by atoms with Gasteiger partial charge in [0.05, 0.1) is 63.9 Å². The second-order valence-corrected chi connectivity index (χ2v) is 40.4. The van der Waals surface area contributed by atoms with Gasteiger partial charge in [-0.05, 0) is 241 Å². The number of halogens is 27. The predicted octanol–water partition coefficient (Wildman–Crippen LogP) is 25.2. The SMILES string of the molecule is C.CC(C)(C)[S@@](=O)N=C(c1ccc(F)cc1)c1cc(F)cc(OC(F)(F)C(F)F)c1.CC(C)(C)[S@@](=O)N[C@@](Cc1ccccc1)(c1ccc(F)cc1)c1cc(F)cc(OC(F)(F)C(F)F)c1.CC(C)(C)[S@@](=O)N[C@](Cc1ccccc1)(c1ccc(F)cc1)c1cc(F)cc(OC(F)(F)C(F)F)c1.ClCCl.N[C@](Cc1ccccc1)(c1ccc(F)cc1)c1cc(F)cc(OC(F)(F)C(F)F)c1.[CH2-]c1ccccc1.[Cl-].[Mg+2]. The smallest absolute Gasteiger partial charge is 1.00 e. The molecule has 0 bridgehead atoms. The molecular weight excluding hydrogens is 2080 g/mol. The van der Waals surface area contributed by atoms with E-state index in [1.807, 2.05) is 30.3 Å². The van der Waals surface area contributed by atoms with Crippen LogP contribution in [0.4, 0.5) is 105 Å². The van der Waals surface area contributed by atoms with Crippen molar-refractivity contribution in [3.05, 3.63) is 411 Å². The summed E-state index contributed by atoms with van der Waals surface area (Å²) < 4.78 is 384. The van der Waals surface area contributed by atoms with E-state index in [2.05, 4.69) is 39.7 Å². The number of alkyl halides is 18. The summed E-state index contributed by atoms with van der Waals surface area (Å²) in [6.07, 6.45) is -35.8. The molecule has 0 saturated heterocycles.